The van der Waals surface area contributed by atoms with E-state index in [-0.39, 0.29) is 5.56 Å². The molecule has 0 aliphatic rings. The van der Waals surface area contributed by atoms with E-state index >= 15 is 4.39 Å². The van der Waals surface area contributed by atoms with Crippen molar-refractivity contribution in [2.24, 2.45) is 0 Å². The maximum Gasteiger partial charge on any atom is 0.260 e. The van der Waals surface area contributed by atoms with Gasteiger partial charge in [0, 0.05) is 16.9 Å². The quantitative estimate of drug-likeness (QED) is 0.712. The van der Waals surface area contributed by atoms with Crippen molar-refractivity contribution in [2.45, 2.75) is 53.9 Å². The highest BCUT2D eigenvalue weighted by Crippen LogP contribution is 2.25. The lowest BCUT2D eigenvalue weighted by Gasteiger charge is -2.17. The van der Waals surface area contributed by atoms with Gasteiger partial charge in [0.25, 0.3) is 5.91 Å². The number of hydrogen-bond donors (Lipinski definition) is 1. The third-order valence-corrected chi connectivity index (χ3v) is 4.64. The molecule has 0 atom stereocenters. The van der Waals surface area contributed by atoms with Crippen LogP contribution in [0.2, 0.25) is 0 Å². The number of benzene rings is 1. The van der Waals surface area contributed by atoms with Gasteiger partial charge >= 0.3 is 0 Å². The number of aromatic nitrogens is 1. The van der Waals surface area contributed by atoms with Crippen LogP contribution in [-0.2, 0) is 19.3 Å². The molecule has 26 heavy (non-hydrogen) atoms. The van der Waals surface area contributed by atoms with Crippen molar-refractivity contribution in [1.29, 1.82) is 0 Å². The molecule has 4 heteroatoms. The van der Waals surface area contributed by atoms with Crippen LogP contribution in [0, 0.1) is 19.7 Å². The third-order valence-electron chi connectivity index (χ3n) is 4.64. The summed E-state index contributed by atoms with van der Waals surface area (Å²) in [5, 5.41) is 2.94. The molecule has 1 heterocycles. The number of carbonyl (C=O) groups is 1. The average Bonchev–Trinajstić information content (AvgIpc) is 2.61. The highest BCUT2D eigenvalue weighted by molar-refractivity contribution is 6.06. The Labute approximate surface area is 155 Å². The molecule has 1 N–H and O–H groups in total. The Bertz CT molecular complexity index is 818. The number of pyridine rings is 1. The van der Waals surface area contributed by atoms with Crippen molar-refractivity contribution in [2.75, 3.05) is 5.32 Å². The lowest BCUT2D eigenvalue weighted by Crippen LogP contribution is -2.20. The first-order valence-corrected chi connectivity index (χ1v) is 9.13. The molecular formula is C22H27FN2O. The number of hydrogen-bond acceptors (Lipinski definition) is 2. The SMILES string of the molecule is C/C=C/Cc1c(C)nc(C)c(C(=O)Nc2c(CC)cccc2CC)c1F. The molecule has 0 saturated carbocycles. The molecule has 2 aromatic rings. The van der Waals surface area contributed by atoms with Crippen LogP contribution in [0.15, 0.2) is 30.4 Å². The monoisotopic (exact) mass is 354 g/mol. The van der Waals surface area contributed by atoms with Crippen molar-refractivity contribution in [3.8, 4) is 0 Å². The number of anilines is 1. The largest absolute Gasteiger partial charge is 0.321 e. The van der Waals surface area contributed by atoms with Gasteiger partial charge in [0.1, 0.15) is 5.82 Å². The number of allylic oxidation sites excluding steroid dienone is 2. The molecule has 1 aromatic carbocycles. The Kier molecular flexibility index (Phi) is 6.67. The van der Waals surface area contributed by atoms with Crippen LogP contribution in [0.3, 0.4) is 0 Å². The summed E-state index contributed by atoms with van der Waals surface area (Å²) in [6.07, 6.45) is 5.75. The summed E-state index contributed by atoms with van der Waals surface area (Å²) in [5.41, 5.74) is 4.42. The fourth-order valence-electron chi connectivity index (χ4n) is 3.16. The third kappa shape index (κ3) is 4.01. The zero-order chi connectivity index (χ0) is 19.3. The molecular weight excluding hydrogens is 327 g/mol. The standard InChI is InChI=1S/C22H27FN2O/c1-6-9-13-18-14(4)24-15(5)19(20(18)23)22(26)25-21-16(7-2)11-10-12-17(21)8-3/h6,9-12H,7-8,13H2,1-5H3,(H,25,26)/b9-6+. The minimum atomic E-state index is -0.474. The molecule has 0 aliphatic heterocycles. The average molecular weight is 354 g/mol. The van der Waals surface area contributed by atoms with Gasteiger partial charge < -0.3 is 5.32 Å². The molecule has 0 fully saturated rings. The lowest BCUT2D eigenvalue weighted by atomic mass is 10.0. The fraction of sp³-hybridized carbons (Fsp3) is 0.364. The van der Waals surface area contributed by atoms with Gasteiger partial charge in [-0.1, -0.05) is 44.2 Å². The van der Waals surface area contributed by atoms with E-state index in [4.69, 9.17) is 0 Å². The Morgan fingerprint density at radius 1 is 1.15 bits per heavy atom. The van der Waals surface area contributed by atoms with Gasteiger partial charge in [0.05, 0.1) is 11.3 Å². The summed E-state index contributed by atoms with van der Waals surface area (Å²) in [6, 6.07) is 5.97. The number of carbonyl (C=O) groups excluding carboxylic acids is 1. The highest BCUT2D eigenvalue weighted by Gasteiger charge is 2.22. The minimum Gasteiger partial charge on any atom is -0.321 e. The van der Waals surface area contributed by atoms with E-state index in [0.717, 1.165) is 29.7 Å². The van der Waals surface area contributed by atoms with Crippen LogP contribution in [0.4, 0.5) is 10.1 Å². The van der Waals surface area contributed by atoms with Crippen molar-refractivity contribution in [3.63, 3.8) is 0 Å². The number of nitrogens with one attached hydrogen (secondary N) is 1. The number of para-hydroxylation sites is 1. The molecule has 3 nitrogen and oxygen atoms in total. The summed E-state index contributed by atoms with van der Waals surface area (Å²) in [6.45, 7) is 9.42. The van der Waals surface area contributed by atoms with Gasteiger partial charge in [-0.05, 0) is 51.2 Å². The Balaban J connectivity index is 2.48. The number of rotatable bonds is 6. The van der Waals surface area contributed by atoms with Crippen LogP contribution in [0.1, 0.15) is 59.2 Å². The maximum absolute atomic E-state index is 15.1. The summed E-state index contributed by atoms with van der Waals surface area (Å²) < 4.78 is 15.1. The molecule has 1 amide bonds. The van der Waals surface area contributed by atoms with Crippen molar-refractivity contribution >= 4 is 11.6 Å². The number of nitrogens with zero attached hydrogens (tertiary/aromatic N) is 1. The summed E-state index contributed by atoms with van der Waals surface area (Å²) in [4.78, 5) is 17.3. The van der Waals surface area contributed by atoms with E-state index in [1.54, 1.807) is 13.8 Å². The molecule has 0 unspecified atom stereocenters. The topological polar surface area (TPSA) is 42.0 Å². The van der Waals surface area contributed by atoms with Gasteiger partial charge in [-0.25, -0.2) is 4.39 Å². The summed E-state index contributed by atoms with van der Waals surface area (Å²) in [5.74, 6) is -0.914. The zero-order valence-corrected chi connectivity index (χ0v) is 16.2. The van der Waals surface area contributed by atoms with Crippen LogP contribution in [0.5, 0.6) is 0 Å². The molecule has 0 saturated heterocycles. The Morgan fingerprint density at radius 2 is 1.77 bits per heavy atom. The second kappa shape index (κ2) is 8.75. The van der Waals surface area contributed by atoms with Gasteiger partial charge in [-0.15, -0.1) is 0 Å². The van der Waals surface area contributed by atoms with Crippen molar-refractivity contribution in [3.05, 3.63) is 69.8 Å². The Hall–Kier alpha value is -2.49. The molecule has 0 bridgehead atoms. The lowest BCUT2D eigenvalue weighted by molar-refractivity contribution is 0.102. The number of amides is 1. The van der Waals surface area contributed by atoms with Crippen molar-refractivity contribution in [1.82, 2.24) is 4.98 Å². The smallest absolute Gasteiger partial charge is 0.260 e. The zero-order valence-electron chi connectivity index (χ0n) is 16.2. The Morgan fingerprint density at radius 3 is 2.31 bits per heavy atom. The van der Waals surface area contributed by atoms with E-state index in [9.17, 15) is 4.79 Å². The molecule has 2 rings (SSSR count). The first kappa shape index (κ1) is 19.8. The van der Waals surface area contributed by atoms with Crippen LogP contribution in [-0.4, -0.2) is 10.9 Å². The van der Waals surface area contributed by atoms with Gasteiger partial charge in [-0.2, -0.15) is 0 Å². The van der Waals surface area contributed by atoms with Crippen molar-refractivity contribution < 1.29 is 9.18 Å². The predicted octanol–water partition coefficient (Wildman–Crippen LogP) is 5.33. The number of aryl methyl sites for hydroxylation is 4. The van der Waals surface area contributed by atoms with Gasteiger partial charge in [0.2, 0.25) is 0 Å². The second-order valence-corrected chi connectivity index (χ2v) is 6.34. The molecule has 0 aliphatic carbocycles. The predicted molar refractivity (Wildman–Crippen MR) is 105 cm³/mol. The summed E-state index contributed by atoms with van der Waals surface area (Å²) in [7, 11) is 0. The van der Waals surface area contributed by atoms with E-state index in [0.29, 0.717) is 23.4 Å². The van der Waals surface area contributed by atoms with Crippen LogP contribution in [0.25, 0.3) is 0 Å². The van der Waals surface area contributed by atoms with E-state index in [2.05, 4.69) is 10.3 Å². The van der Waals surface area contributed by atoms with Gasteiger partial charge in [0.15, 0.2) is 0 Å². The molecule has 1 aromatic heterocycles. The second-order valence-electron chi connectivity index (χ2n) is 6.34. The van der Waals surface area contributed by atoms with Crippen LogP contribution < -0.4 is 5.32 Å². The van der Waals surface area contributed by atoms with E-state index in [1.807, 2.05) is 51.1 Å². The minimum absolute atomic E-state index is 0.0306. The first-order chi connectivity index (χ1) is 12.4. The summed E-state index contributed by atoms with van der Waals surface area (Å²) >= 11 is 0. The normalized spacial score (nSPS) is 11.2. The van der Waals surface area contributed by atoms with E-state index < -0.39 is 11.7 Å². The molecule has 0 radical (unpaired) electrons. The van der Waals surface area contributed by atoms with E-state index in [1.165, 1.54) is 0 Å². The highest BCUT2D eigenvalue weighted by atomic mass is 19.1. The maximum atomic E-state index is 15.1. The first-order valence-electron chi connectivity index (χ1n) is 9.13. The fourth-order valence-corrected chi connectivity index (χ4v) is 3.16. The molecule has 138 valence electrons. The molecule has 0 spiro atoms. The van der Waals surface area contributed by atoms with Crippen LogP contribution >= 0.6 is 0 Å². The van der Waals surface area contributed by atoms with Gasteiger partial charge in [-0.3, -0.25) is 9.78 Å². The number of halogens is 1.